The molecule has 6 heteroatoms. The van der Waals surface area contributed by atoms with Gasteiger partial charge in [-0.05, 0) is 25.7 Å². The van der Waals surface area contributed by atoms with E-state index in [0.29, 0.717) is 12.4 Å². The molecule has 0 atom stereocenters. The van der Waals surface area contributed by atoms with E-state index in [1.807, 2.05) is 13.0 Å². The molecule has 1 saturated heterocycles. The molecule has 2 heterocycles. The number of carboxylic acid groups (broad SMARTS) is 1. The van der Waals surface area contributed by atoms with Crippen LogP contribution in [-0.2, 0) is 4.79 Å². The van der Waals surface area contributed by atoms with Crippen LogP contribution in [0.25, 0.3) is 0 Å². The van der Waals surface area contributed by atoms with E-state index in [4.69, 9.17) is 5.11 Å². The monoisotopic (exact) mass is 278 g/mol. The van der Waals surface area contributed by atoms with Gasteiger partial charge in [-0.15, -0.1) is 0 Å². The molecule has 1 aromatic heterocycles. The fourth-order valence-electron chi connectivity index (χ4n) is 2.51. The van der Waals surface area contributed by atoms with Gasteiger partial charge in [-0.25, -0.2) is 9.97 Å². The maximum absolute atomic E-state index is 10.9. The molecule has 2 rings (SSSR count). The van der Waals surface area contributed by atoms with Gasteiger partial charge in [0.1, 0.15) is 24.5 Å². The summed E-state index contributed by atoms with van der Waals surface area (Å²) in [5.41, 5.74) is 0. The van der Waals surface area contributed by atoms with Gasteiger partial charge >= 0.3 is 5.97 Å². The Kier molecular flexibility index (Phi) is 5.15. The summed E-state index contributed by atoms with van der Waals surface area (Å²) in [5, 5.41) is 8.99. The van der Waals surface area contributed by atoms with Crippen LogP contribution in [0.4, 0.5) is 11.6 Å². The normalized spacial score (nSPS) is 15.2. The fourth-order valence-corrected chi connectivity index (χ4v) is 2.51. The number of carboxylic acids is 1. The molecule has 1 fully saturated rings. The van der Waals surface area contributed by atoms with Gasteiger partial charge in [0.25, 0.3) is 0 Å². The Morgan fingerprint density at radius 2 is 2.10 bits per heavy atom. The van der Waals surface area contributed by atoms with Crippen molar-refractivity contribution in [1.82, 2.24) is 9.97 Å². The number of aromatic nitrogens is 2. The van der Waals surface area contributed by atoms with Gasteiger partial charge in [0.15, 0.2) is 0 Å². The van der Waals surface area contributed by atoms with Crippen LogP contribution >= 0.6 is 0 Å². The van der Waals surface area contributed by atoms with Gasteiger partial charge < -0.3 is 14.9 Å². The molecule has 6 nitrogen and oxygen atoms in total. The summed E-state index contributed by atoms with van der Waals surface area (Å²) in [6, 6.07) is 1.91. The molecule has 20 heavy (non-hydrogen) atoms. The lowest BCUT2D eigenvalue weighted by Crippen LogP contribution is -2.33. The molecule has 0 amide bonds. The van der Waals surface area contributed by atoms with Gasteiger partial charge in [-0.3, -0.25) is 4.79 Å². The van der Waals surface area contributed by atoms with Crippen LogP contribution in [0.2, 0.25) is 0 Å². The van der Waals surface area contributed by atoms with Gasteiger partial charge in [0, 0.05) is 25.7 Å². The average molecular weight is 278 g/mol. The van der Waals surface area contributed by atoms with E-state index in [-0.39, 0.29) is 6.54 Å². The molecule has 1 aliphatic heterocycles. The minimum absolute atomic E-state index is 0.0235. The minimum Gasteiger partial charge on any atom is -0.480 e. The number of rotatable bonds is 6. The fraction of sp³-hybridized carbons (Fsp3) is 0.643. The second-order valence-corrected chi connectivity index (χ2v) is 5.10. The lowest BCUT2D eigenvalue weighted by molar-refractivity contribution is -0.135. The largest absolute Gasteiger partial charge is 0.480 e. The molecule has 1 aromatic rings. The molecule has 0 aromatic carbocycles. The number of piperidine rings is 1. The summed E-state index contributed by atoms with van der Waals surface area (Å²) in [6.07, 6.45) is 6.07. The van der Waals surface area contributed by atoms with Gasteiger partial charge in [-0.2, -0.15) is 0 Å². The smallest absolute Gasteiger partial charge is 0.323 e. The first-order valence-corrected chi connectivity index (χ1v) is 7.24. The highest BCUT2D eigenvalue weighted by Crippen LogP contribution is 2.21. The molecular formula is C14H22N4O2. The zero-order chi connectivity index (χ0) is 14.4. The number of anilines is 2. The molecule has 0 radical (unpaired) electrons. The molecule has 0 bridgehead atoms. The summed E-state index contributed by atoms with van der Waals surface area (Å²) in [7, 11) is 0. The molecule has 1 aliphatic rings. The standard InChI is InChI=1S/C14H22N4O2/c1-2-6-18(10-14(19)20)13-9-12(15-11-16-13)17-7-4-3-5-8-17/h9,11H,2-8,10H2,1H3,(H,19,20). The SMILES string of the molecule is CCCN(CC(=O)O)c1cc(N2CCCCC2)ncn1. The van der Waals surface area contributed by atoms with E-state index in [1.165, 1.54) is 25.6 Å². The molecule has 0 aliphatic carbocycles. The van der Waals surface area contributed by atoms with Crippen molar-refractivity contribution in [2.45, 2.75) is 32.6 Å². The molecule has 110 valence electrons. The highest BCUT2D eigenvalue weighted by atomic mass is 16.4. The second kappa shape index (κ2) is 7.07. The lowest BCUT2D eigenvalue weighted by atomic mass is 10.1. The van der Waals surface area contributed by atoms with Crippen LogP contribution in [0.1, 0.15) is 32.6 Å². The van der Waals surface area contributed by atoms with Gasteiger partial charge in [0.05, 0.1) is 0 Å². The molecular weight excluding hydrogens is 256 g/mol. The van der Waals surface area contributed by atoms with Crippen molar-refractivity contribution in [2.24, 2.45) is 0 Å². The summed E-state index contributed by atoms with van der Waals surface area (Å²) >= 11 is 0. The predicted octanol–water partition coefficient (Wildman–Crippen LogP) is 1.77. The van der Waals surface area contributed by atoms with Crippen molar-refractivity contribution in [3.8, 4) is 0 Å². The van der Waals surface area contributed by atoms with Gasteiger partial charge in [0.2, 0.25) is 0 Å². The van der Waals surface area contributed by atoms with Crippen molar-refractivity contribution >= 4 is 17.6 Å². The third kappa shape index (κ3) is 3.82. The predicted molar refractivity (Wildman–Crippen MR) is 78.2 cm³/mol. The Balaban J connectivity index is 2.15. The van der Waals surface area contributed by atoms with Crippen LogP contribution in [0, 0.1) is 0 Å². The van der Waals surface area contributed by atoms with Crippen LogP contribution in [-0.4, -0.2) is 47.2 Å². The van der Waals surface area contributed by atoms with Crippen molar-refractivity contribution in [2.75, 3.05) is 36.0 Å². The maximum Gasteiger partial charge on any atom is 0.323 e. The van der Waals surface area contributed by atoms with E-state index in [9.17, 15) is 4.79 Å². The quantitative estimate of drug-likeness (QED) is 0.855. The van der Waals surface area contributed by atoms with Crippen LogP contribution < -0.4 is 9.80 Å². The zero-order valence-corrected chi connectivity index (χ0v) is 12.0. The lowest BCUT2D eigenvalue weighted by Gasteiger charge is -2.29. The first kappa shape index (κ1) is 14.6. The van der Waals surface area contributed by atoms with E-state index in [2.05, 4.69) is 14.9 Å². The van der Waals surface area contributed by atoms with E-state index in [1.54, 1.807) is 4.90 Å². The summed E-state index contributed by atoms with van der Waals surface area (Å²) in [4.78, 5) is 23.5. The molecule has 1 N–H and O–H groups in total. The second-order valence-electron chi connectivity index (χ2n) is 5.10. The first-order valence-electron chi connectivity index (χ1n) is 7.24. The third-order valence-corrected chi connectivity index (χ3v) is 3.46. The molecule has 0 saturated carbocycles. The number of hydrogen-bond donors (Lipinski definition) is 1. The average Bonchev–Trinajstić information content (AvgIpc) is 2.47. The molecule has 0 spiro atoms. The number of nitrogens with zero attached hydrogens (tertiary/aromatic N) is 4. The van der Waals surface area contributed by atoms with E-state index >= 15 is 0 Å². The Morgan fingerprint density at radius 3 is 2.75 bits per heavy atom. The zero-order valence-electron chi connectivity index (χ0n) is 12.0. The summed E-state index contributed by atoms with van der Waals surface area (Å²) < 4.78 is 0. The van der Waals surface area contributed by atoms with Crippen LogP contribution in [0.5, 0.6) is 0 Å². The van der Waals surface area contributed by atoms with Crippen molar-refractivity contribution in [1.29, 1.82) is 0 Å². The first-order chi connectivity index (χ1) is 9.70. The number of hydrogen-bond acceptors (Lipinski definition) is 5. The van der Waals surface area contributed by atoms with Crippen LogP contribution in [0.3, 0.4) is 0 Å². The Bertz CT molecular complexity index is 447. The third-order valence-electron chi connectivity index (χ3n) is 3.46. The topological polar surface area (TPSA) is 69.6 Å². The Labute approximate surface area is 119 Å². The number of aliphatic carboxylic acids is 1. The Morgan fingerprint density at radius 1 is 1.35 bits per heavy atom. The van der Waals surface area contributed by atoms with Gasteiger partial charge in [-0.1, -0.05) is 6.92 Å². The van der Waals surface area contributed by atoms with Crippen LogP contribution in [0.15, 0.2) is 12.4 Å². The number of carbonyl (C=O) groups is 1. The highest BCUT2D eigenvalue weighted by molar-refractivity contribution is 5.73. The summed E-state index contributed by atoms with van der Waals surface area (Å²) in [6.45, 7) is 4.72. The van der Waals surface area contributed by atoms with Crippen molar-refractivity contribution in [3.63, 3.8) is 0 Å². The molecule has 0 unspecified atom stereocenters. The maximum atomic E-state index is 10.9. The minimum atomic E-state index is -0.836. The highest BCUT2D eigenvalue weighted by Gasteiger charge is 2.16. The Hall–Kier alpha value is -1.85. The summed E-state index contributed by atoms with van der Waals surface area (Å²) in [5.74, 6) is 0.766. The van der Waals surface area contributed by atoms with E-state index in [0.717, 1.165) is 25.3 Å². The van der Waals surface area contributed by atoms with E-state index < -0.39 is 5.97 Å². The van der Waals surface area contributed by atoms with Crippen molar-refractivity contribution < 1.29 is 9.90 Å². The van der Waals surface area contributed by atoms with Crippen molar-refractivity contribution in [3.05, 3.63) is 12.4 Å².